The molecule has 14 heavy (non-hydrogen) atoms. The van der Waals surface area contributed by atoms with Gasteiger partial charge in [-0.15, -0.1) is 0 Å². The number of aldehydes is 1. The van der Waals surface area contributed by atoms with Crippen LogP contribution in [0.5, 0.6) is 0 Å². The molecule has 1 aromatic heterocycles. The van der Waals surface area contributed by atoms with Crippen molar-refractivity contribution in [1.29, 1.82) is 0 Å². The molecule has 1 aromatic rings. The molecule has 0 aliphatic rings. The minimum Gasteiger partial charge on any atom is -0.368 e. The van der Waals surface area contributed by atoms with Crippen molar-refractivity contribution in [1.82, 2.24) is 4.68 Å². The summed E-state index contributed by atoms with van der Waals surface area (Å²) in [6.07, 6.45) is 3.19. The number of nitrogens with two attached hydrogens (primary N) is 1. The van der Waals surface area contributed by atoms with Gasteiger partial charge in [-0.1, -0.05) is 0 Å². The van der Waals surface area contributed by atoms with Crippen molar-refractivity contribution in [3.05, 3.63) is 24.5 Å². The third kappa shape index (κ3) is 2.19. The zero-order chi connectivity index (χ0) is 10.6. The Morgan fingerprint density at radius 3 is 2.36 bits per heavy atom. The number of hydrogen-bond donors (Lipinski definition) is 1. The molecule has 0 aromatic carbocycles. The van der Waals surface area contributed by atoms with Gasteiger partial charge >= 0.3 is 5.91 Å². The van der Waals surface area contributed by atoms with Crippen LogP contribution in [0.1, 0.15) is 0 Å². The van der Waals surface area contributed by atoms with Gasteiger partial charge in [-0.2, -0.15) is 0 Å². The fourth-order valence-corrected chi connectivity index (χ4v) is 0.968. The van der Waals surface area contributed by atoms with Crippen LogP contribution in [0.15, 0.2) is 24.5 Å². The topological polar surface area (TPSA) is 85.4 Å². The zero-order valence-corrected chi connectivity index (χ0v) is 7.29. The number of aromatic nitrogens is 1. The second-order valence-corrected chi connectivity index (χ2v) is 2.54. The highest BCUT2D eigenvalue weighted by Crippen LogP contribution is 1.93. The molecule has 0 spiro atoms. The van der Waals surface area contributed by atoms with Gasteiger partial charge < -0.3 is 5.73 Å². The summed E-state index contributed by atoms with van der Waals surface area (Å²) in [5.41, 5.74) is 4.93. The van der Waals surface area contributed by atoms with Gasteiger partial charge in [-0.3, -0.25) is 19.1 Å². The van der Waals surface area contributed by atoms with Gasteiger partial charge in [-0.05, 0) is 12.1 Å². The van der Waals surface area contributed by atoms with E-state index in [1.54, 1.807) is 12.1 Å². The number of hydrogen-bond acceptors (Lipinski definition) is 3. The van der Waals surface area contributed by atoms with Crippen molar-refractivity contribution in [3.63, 3.8) is 0 Å². The highest BCUT2D eigenvalue weighted by Gasteiger charge is 2.15. The molecule has 0 unspecified atom stereocenters. The van der Waals surface area contributed by atoms with Gasteiger partial charge in [0.2, 0.25) is 12.2 Å². The molecule has 6 heteroatoms. The Bertz CT molecular complexity index is 345. The first-order valence-electron chi connectivity index (χ1n) is 3.83. The van der Waals surface area contributed by atoms with Crippen molar-refractivity contribution in [3.8, 4) is 0 Å². The molecule has 1 heterocycles. The third-order valence-electron chi connectivity index (χ3n) is 1.53. The maximum Gasteiger partial charge on any atom is 0.305 e. The lowest BCUT2D eigenvalue weighted by Gasteiger charge is -2.19. The molecule has 0 fully saturated rings. The first-order valence-corrected chi connectivity index (χ1v) is 3.83. The van der Waals surface area contributed by atoms with Gasteiger partial charge in [-0.25, -0.2) is 5.01 Å². The molecule has 0 saturated heterocycles. The number of carbonyl (C=O) groups excluding carboxylic acids is 3. The summed E-state index contributed by atoms with van der Waals surface area (Å²) in [4.78, 5) is 32.0. The van der Waals surface area contributed by atoms with Crippen LogP contribution in [0.25, 0.3) is 0 Å². The van der Waals surface area contributed by atoms with E-state index in [1.807, 2.05) is 0 Å². The van der Waals surface area contributed by atoms with Crippen LogP contribution >= 0.6 is 0 Å². The largest absolute Gasteiger partial charge is 0.368 e. The average molecular weight is 195 g/mol. The average Bonchev–Trinajstić information content (AvgIpc) is 2.65. The lowest BCUT2D eigenvalue weighted by atomic mass is 10.5. The smallest absolute Gasteiger partial charge is 0.305 e. The first kappa shape index (κ1) is 9.97. The lowest BCUT2D eigenvalue weighted by molar-refractivity contribution is -0.131. The summed E-state index contributed by atoms with van der Waals surface area (Å²) in [5.74, 6) is -1.51. The van der Waals surface area contributed by atoms with Crippen molar-refractivity contribution in [2.24, 2.45) is 5.73 Å². The summed E-state index contributed by atoms with van der Waals surface area (Å²) >= 11 is 0. The first-order chi connectivity index (χ1) is 6.65. The summed E-state index contributed by atoms with van der Waals surface area (Å²) in [5, 5.41) is 0.940. The van der Waals surface area contributed by atoms with Crippen molar-refractivity contribution in [2.45, 2.75) is 0 Å². The standard InChI is InChI=1S/C8H9N3O3/c9-7(13)5-11(8(14)6-12)10-3-1-2-4-10/h1-4,6H,5H2,(H2,9,13). The Morgan fingerprint density at radius 2 is 1.93 bits per heavy atom. The molecule has 6 nitrogen and oxygen atoms in total. The van der Waals surface area contributed by atoms with E-state index in [4.69, 9.17) is 5.73 Å². The van der Waals surface area contributed by atoms with Gasteiger partial charge in [0.25, 0.3) is 0 Å². The minimum atomic E-state index is -0.819. The Morgan fingerprint density at radius 1 is 1.36 bits per heavy atom. The Hall–Kier alpha value is -2.11. The van der Waals surface area contributed by atoms with Gasteiger partial charge in [0.1, 0.15) is 6.54 Å². The van der Waals surface area contributed by atoms with Crippen LogP contribution in [0.4, 0.5) is 0 Å². The van der Waals surface area contributed by atoms with Crippen molar-refractivity contribution in [2.75, 3.05) is 11.6 Å². The fourth-order valence-electron chi connectivity index (χ4n) is 0.968. The lowest BCUT2D eigenvalue weighted by Crippen LogP contribution is -2.45. The number of rotatable bonds is 4. The van der Waals surface area contributed by atoms with E-state index in [-0.39, 0.29) is 12.8 Å². The van der Waals surface area contributed by atoms with Crippen LogP contribution in [-0.2, 0) is 14.4 Å². The Balaban J connectivity index is 2.87. The molecule has 0 radical (unpaired) electrons. The van der Waals surface area contributed by atoms with Crippen LogP contribution < -0.4 is 10.7 Å². The monoisotopic (exact) mass is 195 g/mol. The Kier molecular flexibility index (Phi) is 3.01. The van der Waals surface area contributed by atoms with Crippen LogP contribution in [0, 0.1) is 0 Å². The number of primary amides is 1. The summed E-state index contributed by atoms with van der Waals surface area (Å²) < 4.78 is 1.32. The molecule has 0 saturated carbocycles. The van der Waals surface area contributed by atoms with E-state index >= 15 is 0 Å². The predicted molar refractivity (Wildman–Crippen MR) is 47.8 cm³/mol. The number of amides is 2. The van der Waals surface area contributed by atoms with E-state index in [0.717, 1.165) is 5.01 Å². The van der Waals surface area contributed by atoms with Crippen LogP contribution in [0.3, 0.4) is 0 Å². The SMILES string of the molecule is NC(=O)CN(C(=O)C=O)n1cccc1. The van der Waals surface area contributed by atoms with E-state index in [9.17, 15) is 14.4 Å². The fraction of sp³-hybridized carbons (Fsp3) is 0.125. The highest BCUT2D eigenvalue weighted by atomic mass is 16.2. The Labute approximate surface area is 79.9 Å². The second kappa shape index (κ2) is 4.22. The second-order valence-electron chi connectivity index (χ2n) is 2.54. The molecular weight excluding hydrogens is 186 g/mol. The summed E-state index contributed by atoms with van der Waals surface area (Å²) in [6, 6.07) is 3.32. The van der Waals surface area contributed by atoms with E-state index in [0.29, 0.717) is 0 Å². The number of carbonyl (C=O) groups is 3. The van der Waals surface area contributed by atoms with E-state index < -0.39 is 11.8 Å². The van der Waals surface area contributed by atoms with Crippen LogP contribution in [0.2, 0.25) is 0 Å². The quantitative estimate of drug-likeness (QED) is 0.475. The summed E-state index contributed by atoms with van der Waals surface area (Å²) in [6.45, 7) is -0.327. The number of nitrogens with zero attached hydrogens (tertiary/aromatic N) is 2. The maximum absolute atomic E-state index is 11.1. The molecular formula is C8H9N3O3. The minimum absolute atomic E-state index is 0.128. The van der Waals surface area contributed by atoms with E-state index in [1.165, 1.54) is 17.1 Å². The van der Waals surface area contributed by atoms with Gasteiger partial charge in [0, 0.05) is 12.4 Å². The van der Waals surface area contributed by atoms with Crippen LogP contribution in [-0.4, -0.2) is 29.3 Å². The van der Waals surface area contributed by atoms with Crippen molar-refractivity contribution < 1.29 is 14.4 Å². The molecule has 1 rings (SSSR count). The maximum atomic E-state index is 11.1. The molecule has 2 N–H and O–H groups in total. The normalized spacial score (nSPS) is 9.43. The molecule has 0 aliphatic carbocycles. The zero-order valence-electron chi connectivity index (χ0n) is 7.29. The molecule has 74 valence electrons. The molecule has 0 bridgehead atoms. The van der Waals surface area contributed by atoms with Gasteiger partial charge in [0.05, 0.1) is 0 Å². The summed E-state index contributed by atoms with van der Waals surface area (Å²) in [7, 11) is 0. The third-order valence-corrected chi connectivity index (χ3v) is 1.53. The van der Waals surface area contributed by atoms with Crippen molar-refractivity contribution >= 4 is 18.1 Å². The molecule has 0 aliphatic heterocycles. The highest BCUT2D eigenvalue weighted by molar-refractivity contribution is 6.28. The predicted octanol–water partition coefficient (Wildman–Crippen LogP) is -1.36. The van der Waals surface area contributed by atoms with E-state index in [2.05, 4.69) is 0 Å². The molecule has 0 atom stereocenters. The molecule has 2 amide bonds. The van der Waals surface area contributed by atoms with Gasteiger partial charge in [0.15, 0.2) is 0 Å².